The molecule has 0 aliphatic heterocycles. The second-order valence-corrected chi connectivity index (χ2v) is 17.3. The van der Waals surface area contributed by atoms with Crippen LogP contribution in [0.4, 0.5) is 0 Å². The molecule has 0 amide bonds. The van der Waals surface area contributed by atoms with Gasteiger partial charge in [0, 0.05) is 4.83 Å². The highest BCUT2D eigenvalue weighted by Gasteiger charge is 2.62. The van der Waals surface area contributed by atoms with Crippen LogP contribution in [0.15, 0.2) is 11.6 Å². The smallest absolute Gasteiger partial charge is 0.183 e. The lowest BCUT2D eigenvalue weighted by Gasteiger charge is -2.60. The van der Waals surface area contributed by atoms with E-state index in [2.05, 4.69) is 82.4 Å². The van der Waals surface area contributed by atoms with E-state index in [-0.39, 0.29) is 11.2 Å². The van der Waals surface area contributed by atoms with E-state index in [1.807, 2.05) is 6.08 Å². The maximum atomic E-state index is 12.7. The fourth-order valence-corrected chi connectivity index (χ4v) is 11.1. The topological polar surface area (TPSA) is 17.1 Å². The third-order valence-corrected chi connectivity index (χ3v) is 12.4. The first-order valence-electron chi connectivity index (χ1n) is 12.7. The molecule has 4 rings (SSSR count). The van der Waals surface area contributed by atoms with Gasteiger partial charge in [0.05, 0.1) is 0 Å². The van der Waals surface area contributed by atoms with E-state index in [0.29, 0.717) is 16.2 Å². The molecule has 31 heavy (non-hydrogen) atoms. The number of hydrogen-bond acceptors (Lipinski definition) is 1. The summed E-state index contributed by atoms with van der Waals surface area (Å²) in [5.41, 5.74) is 1.97. The van der Waals surface area contributed by atoms with E-state index in [0.717, 1.165) is 36.0 Å². The summed E-state index contributed by atoms with van der Waals surface area (Å²) in [7, 11) is 0. The molecule has 0 heterocycles. The lowest BCUT2D eigenvalue weighted by molar-refractivity contribution is -0.117. The van der Waals surface area contributed by atoms with Crippen LogP contribution in [0.5, 0.6) is 0 Å². The average molecular weight is 621 g/mol. The van der Waals surface area contributed by atoms with Gasteiger partial charge in [0.25, 0.3) is 0 Å². The molecule has 0 N–H and O–H groups in total. The van der Waals surface area contributed by atoms with Crippen molar-refractivity contribution in [2.45, 2.75) is 100 Å². The first-order chi connectivity index (χ1) is 14.4. The first-order valence-corrected chi connectivity index (χ1v) is 15.2. The summed E-state index contributed by atoms with van der Waals surface area (Å²) in [6.07, 6.45) is 13.8. The number of carbonyl (C=O) groups is 1. The summed E-state index contributed by atoms with van der Waals surface area (Å²) in [6, 6.07) is 0. The number of ketones is 1. The molecule has 0 unspecified atom stereocenters. The summed E-state index contributed by atoms with van der Waals surface area (Å²) >= 11 is 11.5. The van der Waals surface area contributed by atoms with E-state index in [1.165, 1.54) is 56.9 Å². The predicted molar refractivity (Wildman–Crippen MR) is 142 cm³/mol. The van der Waals surface area contributed by atoms with Crippen molar-refractivity contribution in [3.63, 3.8) is 0 Å². The molecule has 0 saturated heterocycles. The molecular formula is C27H41Br3O. The minimum atomic E-state index is -0.587. The highest BCUT2D eigenvalue weighted by atomic mass is 79.9. The van der Waals surface area contributed by atoms with Crippen molar-refractivity contribution < 1.29 is 4.79 Å². The maximum Gasteiger partial charge on any atom is 0.183 e. The van der Waals surface area contributed by atoms with Crippen molar-refractivity contribution in [2.24, 2.45) is 46.3 Å². The molecule has 0 aromatic rings. The van der Waals surface area contributed by atoms with Gasteiger partial charge < -0.3 is 0 Å². The molecule has 3 fully saturated rings. The number of alkyl halides is 3. The second kappa shape index (κ2) is 8.81. The molecule has 0 aromatic carbocycles. The number of rotatable bonds is 5. The second-order valence-electron chi connectivity index (χ2n) is 12.4. The Kier molecular flexibility index (Phi) is 7.09. The summed E-state index contributed by atoms with van der Waals surface area (Å²) in [5, 5.41) is 0. The van der Waals surface area contributed by atoms with Gasteiger partial charge in [0.15, 0.2) is 5.78 Å². The van der Waals surface area contributed by atoms with Crippen molar-refractivity contribution in [2.75, 3.05) is 0 Å². The van der Waals surface area contributed by atoms with Crippen LogP contribution >= 0.6 is 47.8 Å². The highest BCUT2D eigenvalue weighted by molar-refractivity contribution is 9.26. The zero-order valence-corrected chi connectivity index (χ0v) is 24.8. The highest BCUT2D eigenvalue weighted by Crippen LogP contribution is 2.69. The monoisotopic (exact) mass is 618 g/mol. The molecule has 1 nitrogen and oxygen atoms in total. The Labute approximate surface area is 215 Å². The first kappa shape index (κ1) is 25.0. The van der Waals surface area contributed by atoms with E-state index in [1.54, 1.807) is 0 Å². The van der Waals surface area contributed by atoms with Crippen molar-refractivity contribution >= 4 is 53.6 Å². The third-order valence-electron chi connectivity index (χ3n) is 10.2. The molecule has 3 saturated carbocycles. The molecule has 4 heteroatoms. The van der Waals surface area contributed by atoms with E-state index in [4.69, 9.17) is 0 Å². The van der Waals surface area contributed by atoms with E-state index in [9.17, 15) is 4.79 Å². The van der Waals surface area contributed by atoms with Crippen LogP contribution in [0.3, 0.4) is 0 Å². The zero-order valence-electron chi connectivity index (χ0n) is 20.0. The summed E-state index contributed by atoms with van der Waals surface area (Å²) in [6.45, 7) is 12.4. The van der Waals surface area contributed by atoms with E-state index >= 15 is 0 Å². The molecule has 0 spiro atoms. The summed E-state index contributed by atoms with van der Waals surface area (Å²) < 4.78 is -0.587. The molecule has 176 valence electrons. The largest absolute Gasteiger partial charge is 0.292 e. The number of fused-ring (bicyclic) bond motifs is 5. The van der Waals surface area contributed by atoms with Gasteiger partial charge in [-0.15, -0.1) is 0 Å². The maximum absolute atomic E-state index is 12.7. The molecule has 0 radical (unpaired) electrons. The molecular weight excluding hydrogens is 580 g/mol. The average Bonchev–Trinajstić information content (AvgIpc) is 3.01. The normalized spacial score (nSPS) is 45.0. The van der Waals surface area contributed by atoms with Crippen molar-refractivity contribution in [1.29, 1.82) is 0 Å². The Hall–Kier alpha value is 0.850. The quantitative estimate of drug-likeness (QED) is 0.280. The van der Waals surface area contributed by atoms with Crippen molar-refractivity contribution in [1.82, 2.24) is 0 Å². The van der Waals surface area contributed by atoms with Crippen LogP contribution in [0.25, 0.3) is 0 Å². The Morgan fingerprint density at radius 1 is 1.06 bits per heavy atom. The lowest BCUT2D eigenvalue weighted by Crippen LogP contribution is -2.55. The number of carbonyl (C=O) groups excluding carboxylic acids is 1. The van der Waals surface area contributed by atoms with Gasteiger partial charge in [-0.25, -0.2) is 0 Å². The standard InChI is InChI=1S/C27H41Br3O/c1-16(2)7-6-8-17(3)19-9-10-20-18-13-23(28)22-14-24(31)27(29,30)15-26(22,5)21(18)11-12-25(19,20)4/h14,16-21,23H,6-13,15H2,1-5H3/t17-,18+,19-,20+,21+,23-,25-,26-/m1/s1. The number of allylic oxidation sites excluding steroid dienone is 1. The van der Waals surface area contributed by atoms with Crippen LogP contribution in [0.2, 0.25) is 0 Å². The summed E-state index contributed by atoms with van der Waals surface area (Å²) in [4.78, 5) is 13.1. The molecule has 4 aliphatic carbocycles. The Morgan fingerprint density at radius 2 is 1.77 bits per heavy atom. The van der Waals surface area contributed by atoms with Gasteiger partial charge in [-0.2, -0.15) is 0 Å². The summed E-state index contributed by atoms with van der Waals surface area (Å²) in [5.74, 6) is 5.08. The lowest BCUT2D eigenvalue weighted by atomic mass is 9.46. The van der Waals surface area contributed by atoms with Crippen LogP contribution in [0.1, 0.15) is 92.4 Å². The number of hydrogen-bond donors (Lipinski definition) is 0. The SMILES string of the molecule is CC(C)CCC[C@@H](C)[C@H]1CC[C@H]2[C@@H]3C[C@@H](Br)C4=CC(=O)C(Br)(Br)C[C@]4(C)[C@H]3CC[C@]12C. The van der Waals surface area contributed by atoms with Crippen LogP contribution < -0.4 is 0 Å². The van der Waals surface area contributed by atoms with Gasteiger partial charge in [-0.05, 0) is 96.5 Å². The van der Waals surface area contributed by atoms with E-state index < -0.39 is 3.23 Å². The Bertz CT molecular complexity index is 743. The zero-order chi connectivity index (χ0) is 22.8. The minimum absolute atomic E-state index is 0.0975. The van der Waals surface area contributed by atoms with Gasteiger partial charge >= 0.3 is 0 Å². The van der Waals surface area contributed by atoms with Crippen molar-refractivity contribution in [3.8, 4) is 0 Å². The van der Waals surface area contributed by atoms with Gasteiger partial charge in [-0.3, -0.25) is 4.79 Å². The van der Waals surface area contributed by atoms with Gasteiger partial charge in [0.1, 0.15) is 3.23 Å². The molecule has 0 bridgehead atoms. The fourth-order valence-electron chi connectivity index (χ4n) is 8.65. The van der Waals surface area contributed by atoms with Gasteiger partial charge in [0.2, 0.25) is 0 Å². The predicted octanol–water partition coefficient (Wildman–Crippen LogP) is 9.07. The van der Waals surface area contributed by atoms with Gasteiger partial charge in [-0.1, -0.05) is 102 Å². The van der Waals surface area contributed by atoms with Crippen LogP contribution in [-0.4, -0.2) is 13.8 Å². The Morgan fingerprint density at radius 3 is 2.45 bits per heavy atom. The van der Waals surface area contributed by atoms with Crippen LogP contribution in [0, 0.1) is 46.3 Å². The molecule has 0 aromatic heterocycles. The van der Waals surface area contributed by atoms with Crippen molar-refractivity contribution in [3.05, 3.63) is 11.6 Å². The minimum Gasteiger partial charge on any atom is -0.292 e. The number of halogens is 3. The third kappa shape index (κ3) is 4.24. The molecule has 8 atom stereocenters. The van der Waals surface area contributed by atoms with Crippen LogP contribution in [-0.2, 0) is 4.79 Å². The molecule has 4 aliphatic rings. The fraction of sp³-hybridized carbons (Fsp3) is 0.889. The Balaban J connectivity index is 1.56.